The number of hydrogen-bond acceptors (Lipinski definition) is 4. The SMILES string of the molecule is COC(C)CCC(=O)N1CCOC(C(C)N)C1. The Labute approximate surface area is 103 Å². The third-order valence-electron chi connectivity index (χ3n) is 3.20. The highest BCUT2D eigenvalue weighted by Gasteiger charge is 2.26. The van der Waals surface area contributed by atoms with E-state index in [1.165, 1.54) is 0 Å². The van der Waals surface area contributed by atoms with Crippen LogP contribution in [0, 0.1) is 0 Å². The van der Waals surface area contributed by atoms with E-state index >= 15 is 0 Å². The van der Waals surface area contributed by atoms with Gasteiger partial charge in [-0.3, -0.25) is 4.79 Å². The summed E-state index contributed by atoms with van der Waals surface area (Å²) in [6.07, 6.45) is 1.38. The molecule has 1 saturated heterocycles. The van der Waals surface area contributed by atoms with Crippen molar-refractivity contribution >= 4 is 5.91 Å². The third kappa shape index (κ3) is 4.61. The quantitative estimate of drug-likeness (QED) is 0.759. The van der Waals surface area contributed by atoms with Crippen LogP contribution in [0.4, 0.5) is 0 Å². The molecule has 100 valence electrons. The maximum Gasteiger partial charge on any atom is 0.222 e. The number of methoxy groups -OCH3 is 1. The minimum Gasteiger partial charge on any atom is -0.382 e. The summed E-state index contributed by atoms with van der Waals surface area (Å²) < 4.78 is 10.7. The molecule has 1 aliphatic rings. The molecule has 1 fully saturated rings. The fourth-order valence-corrected chi connectivity index (χ4v) is 1.82. The van der Waals surface area contributed by atoms with Gasteiger partial charge in [0.2, 0.25) is 5.91 Å². The molecule has 5 heteroatoms. The van der Waals surface area contributed by atoms with E-state index in [2.05, 4.69) is 0 Å². The Morgan fingerprint density at radius 3 is 2.88 bits per heavy atom. The molecule has 0 bridgehead atoms. The van der Waals surface area contributed by atoms with Gasteiger partial charge in [-0.2, -0.15) is 0 Å². The van der Waals surface area contributed by atoms with Gasteiger partial charge in [-0.05, 0) is 20.3 Å². The molecule has 17 heavy (non-hydrogen) atoms. The molecule has 5 nitrogen and oxygen atoms in total. The molecule has 0 aliphatic carbocycles. The normalized spacial score (nSPS) is 24.5. The third-order valence-corrected chi connectivity index (χ3v) is 3.20. The van der Waals surface area contributed by atoms with E-state index in [1.807, 2.05) is 18.7 Å². The summed E-state index contributed by atoms with van der Waals surface area (Å²) >= 11 is 0. The van der Waals surface area contributed by atoms with Gasteiger partial charge in [-0.1, -0.05) is 0 Å². The van der Waals surface area contributed by atoms with Crippen LogP contribution >= 0.6 is 0 Å². The first-order chi connectivity index (χ1) is 8.04. The number of nitrogens with zero attached hydrogens (tertiary/aromatic N) is 1. The van der Waals surface area contributed by atoms with E-state index in [1.54, 1.807) is 7.11 Å². The van der Waals surface area contributed by atoms with Gasteiger partial charge in [-0.15, -0.1) is 0 Å². The average molecular weight is 244 g/mol. The number of carbonyl (C=O) groups excluding carboxylic acids is 1. The number of amides is 1. The molecule has 1 amide bonds. The molecule has 0 radical (unpaired) electrons. The Bertz CT molecular complexity index is 246. The Morgan fingerprint density at radius 1 is 1.59 bits per heavy atom. The summed E-state index contributed by atoms with van der Waals surface area (Å²) in [5.74, 6) is 0.169. The van der Waals surface area contributed by atoms with Crippen molar-refractivity contribution in [1.82, 2.24) is 4.90 Å². The van der Waals surface area contributed by atoms with Crippen LogP contribution in [0.25, 0.3) is 0 Å². The van der Waals surface area contributed by atoms with E-state index < -0.39 is 0 Å². The smallest absolute Gasteiger partial charge is 0.222 e. The van der Waals surface area contributed by atoms with Crippen LogP contribution in [-0.4, -0.2) is 55.9 Å². The number of rotatable bonds is 5. The van der Waals surface area contributed by atoms with Gasteiger partial charge >= 0.3 is 0 Å². The molecule has 1 rings (SSSR count). The number of ether oxygens (including phenoxy) is 2. The number of nitrogens with two attached hydrogens (primary N) is 1. The Morgan fingerprint density at radius 2 is 2.29 bits per heavy atom. The standard InChI is InChI=1S/C12H24N2O3/c1-9(16-3)4-5-12(15)14-6-7-17-11(8-14)10(2)13/h9-11H,4-8,13H2,1-3H3. The summed E-state index contributed by atoms with van der Waals surface area (Å²) in [6.45, 7) is 5.74. The Balaban J connectivity index is 2.36. The van der Waals surface area contributed by atoms with Crippen molar-refractivity contribution in [2.45, 2.75) is 44.9 Å². The molecule has 1 aliphatic heterocycles. The zero-order valence-electron chi connectivity index (χ0n) is 11.0. The van der Waals surface area contributed by atoms with Crippen molar-refractivity contribution in [2.75, 3.05) is 26.8 Å². The van der Waals surface area contributed by atoms with E-state index in [4.69, 9.17) is 15.2 Å². The Kier molecular flexibility index (Phi) is 5.88. The van der Waals surface area contributed by atoms with Gasteiger partial charge in [0, 0.05) is 32.7 Å². The van der Waals surface area contributed by atoms with Crippen LogP contribution in [0.3, 0.4) is 0 Å². The molecular formula is C12H24N2O3. The molecule has 0 spiro atoms. The molecule has 3 atom stereocenters. The first-order valence-corrected chi connectivity index (χ1v) is 6.22. The lowest BCUT2D eigenvalue weighted by atomic mass is 10.1. The van der Waals surface area contributed by atoms with Crippen molar-refractivity contribution in [1.29, 1.82) is 0 Å². The van der Waals surface area contributed by atoms with Gasteiger partial charge in [0.25, 0.3) is 0 Å². The second-order valence-electron chi connectivity index (χ2n) is 4.69. The predicted molar refractivity (Wildman–Crippen MR) is 65.7 cm³/mol. The minimum atomic E-state index is -0.0384. The highest BCUT2D eigenvalue weighted by molar-refractivity contribution is 5.76. The maximum atomic E-state index is 12.0. The Hall–Kier alpha value is -0.650. The highest BCUT2D eigenvalue weighted by atomic mass is 16.5. The molecule has 2 N–H and O–H groups in total. The van der Waals surface area contributed by atoms with Gasteiger partial charge < -0.3 is 20.1 Å². The second kappa shape index (κ2) is 6.93. The summed E-state index contributed by atoms with van der Waals surface area (Å²) in [7, 11) is 1.66. The van der Waals surface area contributed by atoms with Gasteiger partial charge in [0.05, 0.1) is 18.8 Å². The van der Waals surface area contributed by atoms with Crippen molar-refractivity contribution in [3.8, 4) is 0 Å². The molecule has 0 aromatic heterocycles. The summed E-state index contributed by atoms with van der Waals surface area (Å²) in [4.78, 5) is 13.8. The van der Waals surface area contributed by atoms with Crippen LogP contribution in [0.1, 0.15) is 26.7 Å². The highest BCUT2D eigenvalue weighted by Crippen LogP contribution is 2.11. The summed E-state index contributed by atoms with van der Waals surface area (Å²) in [5, 5.41) is 0. The lowest BCUT2D eigenvalue weighted by Crippen LogP contribution is -2.51. The monoisotopic (exact) mass is 244 g/mol. The first kappa shape index (κ1) is 14.4. The largest absolute Gasteiger partial charge is 0.382 e. The summed E-state index contributed by atoms with van der Waals surface area (Å²) in [5.41, 5.74) is 5.79. The fraction of sp³-hybridized carbons (Fsp3) is 0.917. The molecule has 1 heterocycles. The average Bonchev–Trinajstić information content (AvgIpc) is 2.35. The lowest BCUT2D eigenvalue weighted by molar-refractivity contribution is -0.140. The fourth-order valence-electron chi connectivity index (χ4n) is 1.82. The number of carbonyl (C=O) groups is 1. The van der Waals surface area contributed by atoms with Crippen molar-refractivity contribution in [3.63, 3.8) is 0 Å². The van der Waals surface area contributed by atoms with E-state index in [9.17, 15) is 4.79 Å². The van der Waals surface area contributed by atoms with Gasteiger partial charge in [-0.25, -0.2) is 0 Å². The van der Waals surface area contributed by atoms with Crippen LogP contribution in [0.15, 0.2) is 0 Å². The summed E-state index contributed by atoms with van der Waals surface area (Å²) in [6, 6.07) is -0.0384. The predicted octanol–water partition coefficient (Wildman–Crippen LogP) is 0.376. The molecule has 3 unspecified atom stereocenters. The van der Waals surface area contributed by atoms with Crippen LogP contribution in [-0.2, 0) is 14.3 Å². The number of morpholine rings is 1. The van der Waals surface area contributed by atoms with E-state index in [-0.39, 0.29) is 24.2 Å². The molecule has 0 aromatic carbocycles. The zero-order valence-corrected chi connectivity index (χ0v) is 11.0. The zero-order chi connectivity index (χ0) is 12.8. The second-order valence-corrected chi connectivity index (χ2v) is 4.69. The lowest BCUT2D eigenvalue weighted by Gasteiger charge is -2.35. The number of hydrogen-bond donors (Lipinski definition) is 1. The molecule has 0 aromatic rings. The van der Waals surface area contributed by atoms with Crippen molar-refractivity contribution in [2.24, 2.45) is 5.73 Å². The van der Waals surface area contributed by atoms with E-state index in [0.29, 0.717) is 26.1 Å². The topological polar surface area (TPSA) is 64.8 Å². The van der Waals surface area contributed by atoms with Crippen molar-refractivity contribution < 1.29 is 14.3 Å². The van der Waals surface area contributed by atoms with Crippen LogP contribution in [0.2, 0.25) is 0 Å². The molecular weight excluding hydrogens is 220 g/mol. The molecule has 0 saturated carbocycles. The van der Waals surface area contributed by atoms with Crippen LogP contribution < -0.4 is 5.73 Å². The minimum absolute atomic E-state index is 0.0347. The van der Waals surface area contributed by atoms with Gasteiger partial charge in [0.15, 0.2) is 0 Å². The van der Waals surface area contributed by atoms with E-state index in [0.717, 1.165) is 6.42 Å². The van der Waals surface area contributed by atoms with Gasteiger partial charge in [0.1, 0.15) is 0 Å². The maximum absolute atomic E-state index is 12.0. The first-order valence-electron chi connectivity index (χ1n) is 6.22. The van der Waals surface area contributed by atoms with Crippen LogP contribution in [0.5, 0.6) is 0 Å². The van der Waals surface area contributed by atoms with Crippen molar-refractivity contribution in [3.05, 3.63) is 0 Å².